The Morgan fingerprint density at radius 2 is 1.79 bits per heavy atom. The Balaban J connectivity index is 2.02. The molecule has 0 spiro atoms. The van der Waals surface area contributed by atoms with Crippen LogP contribution < -0.4 is 5.73 Å². The van der Waals surface area contributed by atoms with Crippen molar-refractivity contribution in [1.29, 1.82) is 0 Å². The fourth-order valence-electron chi connectivity index (χ4n) is 2.19. The number of nitrogens with two attached hydrogens (primary N) is 1. The van der Waals surface area contributed by atoms with Crippen LogP contribution in [0.4, 0.5) is 5.69 Å². The molecule has 0 fully saturated rings. The SMILES string of the molecule is CCCCCCC(C)OCCCc1ccc(N)cc1. The zero-order chi connectivity index (χ0) is 13.9. The topological polar surface area (TPSA) is 35.2 Å². The summed E-state index contributed by atoms with van der Waals surface area (Å²) in [5.41, 5.74) is 7.84. The van der Waals surface area contributed by atoms with Gasteiger partial charge in [0, 0.05) is 12.3 Å². The predicted molar refractivity (Wildman–Crippen MR) is 83.3 cm³/mol. The lowest BCUT2D eigenvalue weighted by Gasteiger charge is -2.12. The van der Waals surface area contributed by atoms with Gasteiger partial charge in [-0.1, -0.05) is 44.7 Å². The number of rotatable bonds is 10. The molecule has 0 heterocycles. The van der Waals surface area contributed by atoms with E-state index in [1.165, 1.54) is 37.7 Å². The number of unbranched alkanes of at least 4 members (excludes halogenated alkanes) is 3. The molecule has 108 valence electrons. The highest BCUT2D eigenvalue weighted by atomic mass is 16.5. The lowest BCUT2D eigenvalue weighted by atomic mass is 10.1. The van der Waals surface area contributed by atoms with E-state index in [2.05, 4.69) is 26.0 Å². The van der Waals surface area contributed by atoms with Crippen LogP contribution in [0.3, 0.4) is 0 Å². The Bertz CT molecular complexity index is 321. The molecule has 0 radical (unpaired) electrons. The Morgan fingerprint density at radius 3 is 2.47 bits per heavy atom. The predicted octanol–water partition coefficient (Wildman–Crippen LogP) is 4.58. The molecule has 0 aliphatic carbocycles. The summed E-state index contributed by atoms with van der Waals surface area (Å²) in [5.74, 6) is 0. The van der Waals surface area contributed by atoms with E-state index in [0.29, 0.717) is 6.10 Å². The van der Waals surface area contributed by atoms with E-state index in [9.17, 15) is 0 Å². The van der Waals surface area contributed by atoms with Gasteiger partial charge in [-0.15, -0.1) is 0 Å². The third-order valence-corrected chi connectivity index (χ3v) is 3.46. The van der Waals surface area contributed by atoms with Gasteiger partial charge in [-0.2, -0.15) is 0 Å². The summed E-state index contributed by atoms with van der Waals surface area (Å²) in [6.07, 6.45) is 9.06. The number of nitrogen functional groups attached to an aromatic ring is 1. The molecular formula is C17H29NO. The van der Waals surface area contributed by atoms with Crippen LogP contribution in [-0.2, 0) is 11.2 Å². The smallest absolute Gasteiger partial charge is 0.0547 e. The molecule has 1 rings (SSSR count). The fourth-order valence-corrected chi connectivity index (χ4v) is 2.19. The van der Waals surface area contributed by atoms with Crippen LogP contribution in [-0.4, -0.2) is 12.7 Å². The van der Waals surface area contributed by atoms with Crippen molar-refractivity contribution >= 4 is 5.69 Å². The Kier molecular flexibility index (Phi) is 8.31. The summed E-state index contributed by atoms with van der Waals surface area (Å²) in [5, 5.41) is 0. The molecule has 2 N–H and O–H groups in total. The lowest BCUT2D eigenvalue weighted by Crippen LogP contribution is -2.09. The van der Waals surface area contributed by atoms with Crippen molar-refractivity contribution in [3.05, 3.63) is 29.8 Å². The first-order chi connectivity index (χ1) is 9.22. The number of hydrogen-bond donors (Lipinski definition) is 1. The van der Waals surface area contributed by atoms with Crippen LogP contribution in [0.15, 0.2) is 24.3 Å². The third kappa shape index (κ3) is 7.89. The quantitative estimate of drug-likeness (QED) is 0.495. The van der Waals surface area contributed by atoms with Crippen molar-refractivity contribution in [3.8, 4) is 0 Å². The van der Waals surface area contributed by atoms with Gasteiger partial charge in [-0.05, 0) is 43.9 Å². The van der Waals surface area contributed by atoms with E-state index in [4.69, 9.17) is 10.5 Å². The molecule has 1 unspecified atom stereocenters. The first-order valence-electron chi connectivity index (χ1n) is 7.68. The number of benzene rings is 1. The summed E-state index contributed by atoms with van der Waals surface area (Å²) >= 11 is 0. The highest BCUT2D eigenvalue weighted by Gasteiger charge is 2.02. The van der Waals surface area contributed by atoms with Crippen LogP contribution in [0.5, 0.6) is 0 Å². The van der Waals surface area contributed by atoms with E-state index in [0.717, 1.165) is 25.1 Å². The molecule has 0 bridgehead atoms. The second-order valence-electron chi connectivity index (χ2n) is 5.38. The van der Waals surface area contributed by atoms with Gasteiger partial charge in [0.1, 0.15) is 0 Å². The van der Waals surface area contributed by atoms with Crippen molar-refractivity contribution in [2.45, 2.75) is 64.9 Å². The van der Waals surface area contributed by atoms with Crippen molar-refractivity contribution < 1.29 is 4.74 Å². The van der Waals surface area contributed by atoms with E-state index < -0.39 is 0 Å². The average Bonchev–Trinajstić information content (AvgIpc) is 2.42. The second kappa shape index (κ2) is 9.85. The van der Waals surface area contributed by atoms with Gasteiger partial charge >= 0.3 is 0 Å². The summed E-state index contributed by atoms with van der Waals surface area (Å²) in [6, 6.07) is 8.13. The molecule has 0 aromatic heterocycles. The molecule has 0 amide bonds. The maximum absolute atomic E-state index is 5.84. The van der Waals surface area contributed by atoms with Crippen molar-refractivity contribution in [2.75, 3.05) is 12.3 Å². The Hall–Kier alpha value is -1.02. The maximum Gasteiger partial charge on any atom is 0.0547 e. The minimum Gasteiger partial charge on any atom is -0.399 e. The molecule has 1 aromatic rings. The minimum absolute atomic E-state index is 0.406. The molecule has 2 nitrogen and oxygen atoms in total. The van der Waals surface area contributed by atoms with Gasteiger partial charge in [0.25, 0.3) is 0 Å². The molecule has 0 aliphatic rings. The highest BCUT2D eigenvalue weighted by molar-refractivity contribution is 5.39. The monoisotopic (exact) mass is 263 g/mol. The number of anilines is 1. The number of hydrogen-bond acceptors (Lipinski definition) is 2. The van der Waals surface area contributed by atoms with Crippen molar-refractivity contribution in [3.63, 3.8) is 0 Å². The van der Waals surface area contributed by atoms with Gasteiger partial charge in [0.2, 0.25) is 0 Å². The van der Waals surface area contributed by atoms with Crippen molar-refractivity contribution in [1.82, 2.24) is 0 Å². The lowest BCUT2D eigenvalue weighted by molar-refractivity contribution is 0.0570. The van der Waals surface area contributed by atoms with Gasteiger partial charge < -0.3 is 10.5 Å². The largest absolute Gasteiger partial charge is 0.399 e. The number of ether oxygens (including phenoxy) is 1. The molecular weight excluding hydrogens is 234 g/mol. The van der Waals surface area contributed by atoms with Crippen LogP contribution in [0.2, 0.25) is 0 Å². The highest BCUT2D eigenvalue weighted by Crippen LogP contribution is 2.10. The van der Waals surface area contributed by atoms with E-state index in [-0.39, 0.29) is 0 Å². The molecule has 0 saturated heterocycles. The van der Waals surface area contributed by atoms with E-state index >= 15 is 0 Å². The number of aryl methyl sites for hydroxylation is 1. The fraction of sp³-hybridized carbons (Fsp3) is 0.647. The maximum atomic E-state index is 5.84. The van der Waals surface area contributed by atoms with Gasteiger partial charge in [0.15, 0.2) is 0 Å². The minimum atomic E-state index is 0.406. The Morgan fingerprint density at radius 1 is 1.05 bits per heavy atom. The average molecular weight is 263 g/mol. The van der Waals surface area contributed by atoms with E-state index in [1.54, 1.807) is 0 Å². The summed E-state index contributed by atoms with van der Waals surface area (Å²) in [6.45, 7) is 5.30. The summed E-state index contributed by atoms with van der Waals surface area (Å²) < 4.78 is 5.84. The van der Waals surface area contributed by atoms with Crippen LogP contribution in [0, 0.1) is 0 Å². The third-order valence-electron chi connectivity index (χ3n) is 3.46. The van der Waals surface area contributed by atoms with Gasteiger partial charge in [-0.3, -0.25) is 0 Å². The molecule has 2 heteroatoms. The second-order valence-corrected chi connectivity index (χ2v) is 5.38. The molecule has 1 aromatic carbocycles. The van der Waals surface area contributed by atoms with Crippen LogP contribution >= 0.6 is 0 Å². The molecule has 0 saturated carbocycles. The molecule has 1 atom stereocenters. The van der Waals surface area contributed by atoms with Gasteiger partial charge in [0.05, 0.1) is 6.10 Å². The zero-order valence-electron chi connectivity index (χ0n) is 12.5. The van der Waals surface area contributed by atoms with Gasteiger partial charge in [-0.25, -0.2) is 0 Å². The molecule has 0 aliphatic heterocycles. The van der Waals surface area contributed by atoms with Crippen LogP contribution in [0.1, 0.15) is 57.9 Å². The summed E-state index contributed by atoms with van der Waals surface area (Å²) in [4.78, 5) is 0. The van der Waals surface area contributed by atoms with Crippen LogP contribution in [0.25, 0.3) is 0 Å². The zero-order valence-corrected chi connectivity index (χ0v) is 12.5. The first-order valence-corrected chi connectivity index (χ1v) is 7.68. The molecule has 19 heavy (non-hydrogen) atoms. The standard InChI is InChI=1S/C17H29NO/c1-3-4-5-6-8-15(2)19-14-7-9-16-10-12-17(18)13-11-16/h10-13,15H,3-9,14,18H2,1-2H3. The summed E-state index contributed by atoms with van der Waals surface area (Å²) in [7, 11) is 0. The normalized spacial score (nSPS) is 12.5. The first kappa shape index (κ1) is 16.0. The van der Waals surface area contributed by atoms with E-state index in [1.807, 2.05) is 12.1 Å². The Labute approximate surface area is 118 Å². The van der Waals surface area contributed by atoms with Crippen molar-refractivity contribution in [2.24, 2.45) is 0 Å².